The normalized spacial score (nSPS) is 16.4. The second kappa shape index (κ2) is 5.39. The van der Waals surface area contributed by atoms with Crippen LogP contribution >= 0.6 is 0 Å². The van der Waals surface area contributed by atoms with Gasteiger partial charge in [-0.05, 0) is 25.0 Å². The Balaban J connectivity index is 1.67. The standard InChI is InChI=1S/C19H16N2O2/c1-13-11-15-9-5-6-10-17(15)21(13)19(22)16-12-18(23-20-16)14-7-3-2-4-8-14/h2-10,12-13H,11H2,1H3. The smallest absolute Gasteiger partial charge is 0.280 e. The van der Waals surface area contributed by atoms with Gasteiger partial charge in [-0.1, -0.05) is 53.7 Å². The van der Waals surface area contributed by atoms with E-state index in [-0.39, 0.29) is 11.9 Å². The molecule has 3 aromatic rings. The zero-order valence-electron chi connectivity index (χ0n) is 12.8. The van der Waals surface area contributed by atoms with E-state index in [0.29, 0.717) is 11.5 Å². The topological polar surface area (TPSA) is 46.3 Å². The number of amides is 1. The van der Waals surface area contributed by atoms with Gasteiger partial charge >= 0.3 is 0 Å². The van der Waals surface area contributed by atoms with E-state index in [4.69, 9.17) is 4.52 Å². The van der Waals surface area contributed by atoms with Gasteiger partial charge in [0, 0.05) is 23.4 Å². The third-order valence-corrected chi connectivity index (χ3v) is 4.21. The highest BCUT2D eigenvalue weighted by molar-refractivity contribution is 6.06. The van der Waals surface area contributed by atoms with Gasteiger partial charge in [0.1, 0.15) is 0 Å². The summed E-state index contributed by atoms with van der Waals surface area (Å²) >= 11 is 0. The van der Waals surface area contributed by atoms with Crippen molar-refractivity contribution in [3.8, 4) is 11.3 Å². The number of benzene rings is 2. The summed E-state index contributed by atoms with van der Waals surface area (Å²) in [4.78, 5) is 14.7. The Morgan fingerprint density at radius 1 is 1.13 bits per heavy atom. The van der Waals surface area contributed by atoms with E-state index in [1.807, 2.05) is 53.4 Å². The van der Waals surface area contributed by atoms with Crippen LogP contribution in [0, 0.1) is 0 Å². The van der Waals surface area contributed by atoms with Crippen LogP contribution in [0.5, 0.6) is 0 Å². The van der Waals surface area contributed by atoms with E-state index in [0.717, 1.165) is 17.7 Å². The minimum absolute atomic E-state index is 0.117. The second-order valence-corrected chi connectivity index (χ2v) is 5.80. The van der Waals surface area contributed by atoms with Crippen molar-refractivity contribution in [3.63, 3.8) is 0 Å². The summed E-state index contributed by atoms with van der Waals surface area (Å²) in [5, 5.41) is 3.98. The number of rotatable bonds is 2. The maximum absolute atomic E-state index is 12.9. The monoisotopic (exact) mass is 304 g/mol. The summed E-state index contributed by atoms with van der Waals surface area (Å²) in [5.74, 6) is 0.488. The van der Waals surface area contributed by atoms with E-state index in [9.17, 15) is 4.79 Å². The summed E-state index contributed by atoms with van der Waals surface area (Å²) in [6, 6.07) is 19.5. The molecular formula is C19H16N2O2. The molecule has 0 saturated carbocycles. The lowest BCUT2D eigenvalue weighted by Gasteiger charge is -2.21. The summed E-state index contributed by atoms with van der Waals surface area (Å²) in [5.41, 5.74) is 3.41. The highest BCUT2D eigenvalue weighted by atomic mass is 16.5. The number of anilines is 1. The Hall–Kier alpha value is -2.88. The Kier molecular flexibility index (Phi) is 3.23. The van der Waals surface area contributed by atoms with Crippen molar-refractivity contribution in [2.24, 2.45) is 0 Å². The highest BCUT2D eigenvalue weighted by Crippen LogP contribution is 2.33. The minimum Gasteiger partial charge on any atom is -0.355 e. The average molecular weight is 304 g/mol. The molecule has 23 heavy (non-hydrogen) atoms. The van der Waals surface area contributed by atoms with Gasteiger partial charge in [0.2, 0.25) is 0 Å². The fourth-order valence-electron chi connectivity index (χ4n) is 3.11. The van der Waals surface area contributed by atoms with Crippen molar-refractivity contribution in [1.29, 1.82) is 0 Å². The molecule has 0 saturated heterocycles. The number of hydrogen-bond donors (Lipinski definition) is 0. The molecule has 1 atom stereocenters. The first-order valence-electron chi connectivity index (χ1n) is 7.67. The highest BCUT2D eigenvalue weighted by Gasteiger charge is 2.32. The van der Waals surface area contributed by atoms with Crippen molar-refractivity contribution in [2.75, 3.05) is 4.90 Å². The molecule has 2 heterocycles. The average Bonchev–Trinajstić information content (AvgIpc) is 3.19. The number of hydrogen-bond acceptors (Lipinski definition) is 3. The summed E-state index contributed by atoms with van der Waals surface area (Å²) in [6.07, 6.45) is 0.866. The van der Waals surface area contributed by atoms with Gasteiger partial charge in [-0.2, -0.15) is 0 Å². The molecule has 0 bridgehead atoms. The molecular weight excluding hydrogens is 288 g/mol. The summed E-state index contributed by atoms with van der Waals surface area (Å²) < 4.78 is 5.36. The number of aromatic nitrogens is 1. The molecule has 114 valence electrons. The van der Waals surface area contributed by atoms with Crippen LogP contribution in [0.1, 0.15) is 23.0 Å². The Morgan fingerprint density at radius 3 is 2.70 bits per heavy atom. The summed E-state index contributed by atoms with van der Waals surface area (Å²) in [6.45, 7) is 2.05. The first-order valence-corrected chi connectivity index (χ1v) is 7.67. The van der Waals surface area contributed by atoms with Crippen LogP contribution in [0.3, 0.4) is 0 Å². The molecule has 2 aromatic carbocycles. The Bertz CT molecular complexity index is 855. The zero-order valence-corrected chi connectivity index (χ0v) is 12.8. The van der Waals surface area contributed by atoms with Crippen molar-refractivity contribution in [3.05, 3.63) is 71.9 Å². The maximum Gasteiger partial charge on any atom is 0.280 e. The zero-order chi connectivity index (χ0) is 15.8. The summed E-state index contributed by atoms with van der Waals surface area (Å²) in [7, 11) is 0. The van der Waals surface area contributed by atoms with Crippen LogP contribution in [0.2, 0.25) is 0 Å². The van der Waals surface area contributed by atoms with E-state index in [2.05, 4.69) is 18.1 Å². The SMILES string of the molecule is CC1Cc2ccccc2N1C(=O)c1cc(-c2ccccc2)on1. The molecule has 0 N–H and O–H groups in total. The molecule has 1 unspecified atom stereocenters. The van der Waals surface area contributed by atoms with Gasteiger partial charge in [0.15, 0.2) is 11.5 Å². The number of carbonyl (C=O) groups is 1. The number of carbonyl (C=O) groups excluding carboxylic acids is 1. The third kappa shape index (κ3) is 2.32. The van der Waals surface area contributed by atoms with Crippen molar-refractivity contribution < 1.29 is 9.32 Å². The molecule has 0 radical (unpaired) electrons. The first kappa shape index (κ1) is 13.8. The van der Waals surface area contributed by atoms with Crippen LogP contribution in [0.25, 0.3) is 11.3 Å². The Morgan fingerprint density at radius 2 is 1.87 bits per heavy atom. The first-order chi connectivity index (χ1) is 11.2. The molecule has 4 heteroatoms. The molecule has 4 nitrogen and oxygen atoms in total. The molecule has 0 fully saturated rings. The predicted molar refractivity (Wildman–Crippen MR) is 88.4 cm³/mol. The molecule has 1 amide bonds. The van der Waals surface area contributed by atoms with Crippen LogP contribution in [-0.4, -0.2) is 17.1 Å². The van der Waals surface area contributed by atoms with Gasteiger partial charge < -0.3 is 9.42 Å². The molecule has 1 aliphatic rings. The quantitative estimate of drug-likeness (QED) is 0.720. The molecule has 0 spiro atoms. The van der Waals surface area contributed by atoms with Crippen LogP contribution in [-0.2, 0) is 6.42 Å². The van der Waals surface area contributed by atoms with Crippen LogP contribution < -0.4 is 4.90 Å². The van der Waals surface area contributed by atoms with Gasteiger partial charge in [-0.15, -0.1) is 0 Å². The van der Waals surface area contributed by atoms with E-state index in [1.165, 1.54) is 5.56 Å². The van der Waals surface area contributed by atoms with E-state index < -0.39 is 0 Å². The van der Waals surface area contributed by atoms with E-state index in [1.54, 1.807) is 6.07 Å². The molecule has 4 rings (SSSR count). The fraction of sp³-hybridized carbons (Fsp3) is 0.158. The number of para-hydroxylation sites is 1. The number of nitrogens with zero attached hydrogens (tertiary/aromatic N) is 2. The second-order valence-electron chi connectivity index (χ2n) is 5.80. The molecule has 0 aliphatic carbocycles. The lowest BCUT2D eigenvalue weighted by atomic mass is 10.1. The third-order valence-electron chi connectivity index (χ3n) is 4.21. The molecule has 1 aliphatic heterocycles. The van der Waals surface area contributed by atoms with Crippen molar-refractivity contribution >= 4 is 11.6 Å². The number of fused-ring (bicyclic) bond motifs is 1. The van der Waals surface area contributed by atoms with Crippen molar-refractivity contribution in [2.45, 2.75) is 19.4 Å². The van der Waals surface area contributed by atoms with Gasteiger partial charge in [-0.25, -0.2) is 0 Å². The van der Waals surface area contributed by atoms with Crippen LogP contribution in [0.15, 0.2) is 65.2 Å². The maximum atomic E-state index is 12.9. The largest absolute Gasteiger partial charge is 0.355 e. The van der Waals surface area contributed by atoms with Crippen molar-refractivity contribution in [1.82, 2.24) is 5.16 Å². The minimum atomic E-state index is -0.117. The lowest BCUT2D eigenvalue weighted by molar-refractivity contribution is 0.0973. The van der Waals surface area contributed by atoms with Gasteiger partial charge in [-0.3, -0.25) is 4.79 Å². The van der Waals surface area contributed by atoms with Gasteiger partial charge in [0.25, 0.3) is 5.91 Å². The predicted octanol–water partition coefficient (Wildman–Crippen LogP) is 3.93. The lowest BCUT2D eigenvalue weighted by Crippen LogP contribution is -2.35. The van der Waals surface area contributed by atoms with E-state index >= 15 is 0 Å². The molecule has 1 aromatic heterocycles. The fourth-order valence-corrected chi connectivity index (χ4v) is 3.11. The van der Waals surface area contributed by atoms with Gasteiger partial charge in [0.05, 0.1) is 0 Å². The Labute approximate surface area is 134 Å². The van der Waals surface area contributed by atoms with Crippen LogP contribution in [0.4, 0.5) is 5.69 Å².